The van der Waals surface area contributed by atoms with Crippen LogP contribution in [0.1, 0.15) is 19.3 Å². The minimum atomic E-state index is -0.358. The van der Waals surface area contributed by atoms with E-state index in [-0.39, 0.29) is 10.6 Å². The summed E-state index contributed by atoms with van der Waals surface area (Å²) < 4.78 is 5.13. The summed E-state index contributed by atoms with van der Waals surface area (Å²) in [5, 5.41) is 15.0. The van der Waals surface area contributed by atoms with Crippen LogP contribution in [-0.4, -0.2) is 29.6 Å². The number of anilines is 1. The van der Waals surface area contributed by atoms with Crippen molar-refractivity contribution in [1.82, 2.24) is 0 Å². The molecule has 2 unspecified atom stereocenters. The molecule has 5 nitrogen and oxygen atoms in total. The summed E-state index contributed by atoms with van der Waals surface area (Å²) in [4.78, 5) is 10.7. The quantitative estimate of drug-likeness (QED) is 0.663. The molecule has 1 N–H and O–H groups in total. The van der Waals surface area contributed by atoms with Gasteiger partial charge in [0.25, 0.3) is 5.69 Å². The van der Waals surface area contributed by atoms with Crippen LogP contribution < -0.4 is 10.1 Å². The zero-order chi connectivity index (χ0) is 13.8. The van der Waals surface area contributed by atoms with Crippen LogP contribution >= 0.6 is 11.8 Å². The lowest BCUT2D eigenvalue weighted by Crippen LogP contribution is -2.16. The van der Waals surface area contributed by atoms with Crippen molar-refractivity contribution in [3.63, 3.8) is 0 Å². The molecule has 0 amide bonds. The third-order valence-corrected chi connectivity index (χ3v) is 4.57. The number of nitro benzene ring substituents is 1. The van der Waals surface area contributed by atoms with E-state index in [4.69, 9.17) is 4.74 Å². The van der Waals surface area contributed by atoms with Gasteiger partial charge in [-0.25, -0.2) is 0 Å². The molecule has 1 aliphatic carbocycles. The molecule has 1 aliphatic rings. The molecule has 0 saturated heterocycles. The van der Waals surface area contributed by atoms with Gasteiger partial charge in [-0.05, 0) is 31.6 Å². The van der Waals surface area contributed by atoms with Crippen molar-refractivity contribution < 1.29 is 9.66 Å². The Bertz CT molecular complexity index is 467. The normalized spacial score (nSPS) is 22.2. The van der Waals surface area contributed by atoms with E-state index in [1.165, 1.54) is 6.07 Å². The van der Waals surface area contributed by atoms with Crippen LogP contribution in [0.5, 0.6) is 5.75 Å². The first-order chi connectivity index (χ1) is 9.13. The first-order valence-electron chi connectivity index (χ1n) is 6.25. The summed E-state index contributed by atoms with van der Waals surface area (Å²) in [7, 11) is 1.56. The number of thioether (sulfide) groups is 1. The average molecular weight is 282 g/mol. The van der Waals surface area contributed by atoms with E-state index >= 15 is 0 Å². The second-order valence-corrected chi connectivity index (χ2v) is 5.79. The Hall–Kier alpha value is -1.43. The minimum absolute atomic E-state index is 0.105. The molecule has 2 rings (SSSR count). The van der Waals surface area contributed by atoms with E-state index in [1.54, 1.807) is 19.2 Å². The summed E-state index contributed by atoms with van der Waals surface area (Å²) in [5.74, 6) is 0.632. The van der Waals surface area contributed by atoms with Crippen molar-refractivity contribution in [3.05, 3.63) is 28.3 Å². The van der Waals surface area contributed by atoms with E-state index < -0.39 is 0 Å². The van der Waals surface area contributed by atoms with Crippen LogP contribution in [0, 0.1) is 10.1 Å². The number of methoxy groups -OCH3 is 1. The first kappa shape index (κ1) is 14.0. The van der Waals surface area contributed by atoms with Crippen LogP contribution in [0.4, 0.5) is 11.4 Å². The molecule has 2 atom stereocenters. The van der Waals surface area contributed by atoms with Crippen LogP contribution in [0.2, 0.25) is 0 Å². The molecule has 0 radical (unpaired) electrons. The van der Waals surface area contributed by atoms with E-state index in [0.717, 1.165) is 19.3 Å². The van der Waals surface area contributed by atoms with Gasteiger partial charge in [-0.1, -0.05) is 0 Å². The molecule has 19 heavy (non-hydrogen) atoms. The van der Waals surface area contributed by atoms with E-state index in [2.05, 4.69) is 11.6 Å². The Kier molecular flexibility index (Phi) is 4.52. The highest BCUT2D eigenvalue weighted by molar-refractivity contribution is 7.99. The number of nitro groups is 1. The van der Waals surface area contributed by atoms with Crippen molar-refractivity contribution in [2.45, 2.75) is 30.6 Å². The number of hydrogen-bond donors (Lipinski definition) is 1. The van der Waals surface area contributed by atoms with Gasteiger partial charge < -0.3 is 10.1 Å². The molecule has 0 bridgehead atoms. The van der Waals surface area contributed by atoms with Crippen molar-refractivity contribution in [2.24, 2.45) is 0 Å². The monoisotopic (exact) mass is 282 g/mol. The van der Waals surface area contributed by atoms with Crippen molar-refractivity contribution in [2.75, 3.05) is 18.7 Å². The summed E-state index contributed by atoms with van der Waals surface area (Å²) in [6.45, 7) is 0. The van der Waals surface area contributed by atoms with Crippen LogP contribution in [0.25, 0.3) is 0 Å². The Morgan fingerprint density at radius 3 is 2.84 bits per heavy atom. The number of rotatable bonds is 5. The SMILES string of the molecule is COc1ccc([N+](=O)[O-])c(NC2CCC(SC)C2)c1. The number of ether oxygens (including phenoxy) is 1. The topological polar surface area (TPSA) is 64.4 Å². The molecule has 0 aromatic heterocycles. The molecule has 0 heterocycles. The average Bonchev–Trinajstić information content (AvgIpc) is 2.86. The second kappa shape index (κ2) is 6.14. The van der Waals surface area contributed by atoms with Gasteiger partial charge in [-0.2, -0.15) is 11.8 Å². The molecule has 1 aromatic rings. The largest absolute Gasteiger partial charge is 0.497 e. The summed E-state index contributed by atoms with van der Waals surface area (Å²) in [6, 6.07) is 5.11. The van der Waals surface area contributed by atoms with Gasteiger partial charge in [0.2, 0.25) is 0 Å². The second-order valence-electron chi connectivity index (χ2n) is 4.65. The van der Waals surface area contributed by atoms with Gasteiger partial charge in [0.15, 0.2) is 0 Å². The fraction of sp³-hybridized carbons (Fsp3) is 0.538. The van der Waals surface area contributed by atoms with Crippen molar-refractivity contribution in [1.29, 1.82) is 0 Å². The molecule has 0 spiro atoms. The van der Waals surface area contributed by atoms with Gasteiger partial charge >= 0.3 is 0 Å². The highest BCUT2D eigenvalue weighted by Crippen LogP contribution is 2.34. The minimum Gasteiger partial charge on any atom is -0.497 e. The highest BCUT2D eigenvalue weighted by atomic mass is 32.2. The molecule has 104 valence electrons. The van der Waals surface area contributed by atoms with E-state index in [1.807, 2.05) is 11.8 Å². The van der Waals surface area contributed by atoms with Gasteiger partial charge in [-0.3, -0.25) is 10.1 Å². The predicted molar refractivity (Wildman–Crippen MR) is 78.2 cm³/mol. The lowest BCUT2D eigenvalue weighted by Gasteiger charge is -2.15. The summed E-state index contributed by atoms with van der Waals surface area (Å²) in [5.41, 5.74) is 0.657. The molecule has 0 aliphatic heterocycles. The van der Waals surface area contributed by atoms with Crippen LogP contribution in [-0.2, 0) is 0 Å². The number of nitrogens with zero attached hydrogens (tertiary/aromatic N) is 1. The van der Waals surface area contributed by atoms with Crippen LogP contribution in [0.3, 0.4) is 0 Å². The molecule has 6 heteroatoms. The highest BCUT2D eigenvalue weighted by Gasteiger charge is 2.26. The zero-order valence-electron chi connectivity index (χ0n) is 11.1. The molecular formula is C13H18N2O3S. The van der Waals surface area contributed by atoms with E-state index in [0.29, 0.717) is 22.7 Å². The Balaban J connectivity index is 2.16. The molecule has 1 fully saturated rings. The third-order valence-electron chi connectivity index (χ3n) is 3.48. The maximum atomic E-state index is 11.0. The zero-order valence-corrected chi connectivity index (χ0v) is 11.9. The Morgan fingerprint density at radius 1 is 1.47 bits per heavy atom. The van der Waals surface area contributed by atoms with Crippen molar-refractivity contribution >= 4 is 23.1 Å². The van der Waals surface area contributed by atoms with Gasteiger partial charge in [-0.15, -0.1) is 0 Å². The predicted octanol–water partition coefficient (Wildman–Crippen LogP) is 3.30. The number of nitrogens with one attached hydrogen (secondary N) is 1. The maximum Gasteiger partial charge on any atom is 0.292 e. The fourth-order valence-corrected chi connectivity index (χ4v) is 3.22. The molecular weight excluding hydrogens is 264 g/mol. The summed E-state index contributed by atoms with van der Waals surface area (Å²) >= 11 is 1.87. The van der Waals surface area contributed by atoms with Gasteiger partial charge in [0, 0.05) is 23.4 Å². The van der Waals surface area contributed by atoms with Gasteiger partial charge in [0.1, 0.15) is 11.4 Å². The lowest BCUT2D eigenvalue weighted by atomic mass is 10.2. The maximum absolute atomic E-state index is 11.0. The lowest BCUT2D eigenvalue weighted by molar-refractivity contribution is -0.384. The van der Waals surface area contributed by atoms with Gasteiger partial charge in [0.05, 0.1) is 12.0 Å². The van der Waals surface area contributed by atoms with Crippen molar-refractivity contribution in [3.8, 4) is 5.75 Å². The smallest absolute Gasteiger partial charge is 0.292 e. The standard InChI is InChI=1S/C13H18N2O3S/c1-18-10-4-6-13(15(16)17)12(8-10)14-9-3-5-11(7-9)19-2/h4,6,8-9,11,14H,3,5,7H2,1-2H3. The third kappa shape index (κ3) is 3.32. The fourth-order valence-electron chi connectivity index (χ4n) is 2.42. The van der Waals surface area contributed by atoms with Crippen LogP contribution in [0.15, 0.2) is 18.2 Å². The molecule has 1 aromatic carbocycles. The Labute approximate surface area is 116 Å². The van der Waals surface area contributed by atoms with E-state index in [9.17, 15) is 10.1 Å². The summed E-state index contributed by atoms with van der Waals surface area (Å²) in [6.07, 6.45) is 5.38. The molecule has 1 saturated carbocycles. The number of benzene rings is 1. The Morgan fingerprint density at radius 2 is 2.26 bits per heavy atom. The first-order valence-corrected chi connectivity index (χ1v) is 7.54. The number of hydrogen-bond acceptors (Lipinski definition) is 5.